The molecular weight excluding hydrogens is 356 g/mol. The maximum Gasteiger partial charge on any atom is 0.282 e. The Balaban J connectivity index is 1.79. The molecule has 1 heterocycles. The van der Waals surface area contributed by atoms with Gasteiger partial charge in [0, 0.05) is 31.2 Å². The number of rotatable bonds is 4. The highest BCUT2D eigenvalue weighted by atomic mass is 35.5. The summed E-state index contributed by atoms with van der Waals surface area (Å²) in [7, 11) is -3.46. The van der Waals surface area contributed by atoms with Crippen LogP contribution in [0.25, 0.3) is 0 Å². The first-order valence-corrected chi connectivity index (χ1v) is 10.1. The third-order valence-corrected chi connectivity index (χ3v) is 6.84. The molecule has 3 rings (SSSR count). The van der Waals surface area contributed by atoms with Gasteiger partial charge in [0.25, 0.3) is 10.2 Å². The van der Waals surface area contributed by atoms with Crippen molar-refractivity contribution >= 4 is 21.8 Å². The number of benzene rings is 2. The minimum Gasteiger partial charge on any atom is -0.195 e. The van der Waals surface area contributed by atoms with Gasteiger partial charge in [0.05, 0.1) is 0 Å². The lowest BCUT2D eigenvalue weighted by atomic mass is 10.00. The van der Waals surface area contributed by atoms with E-state index >= 15 is 0 Å². The monoisotopic (exact) mass is 378 g/mol. The fourth-order valence-electron chi connectivity index (χ4n) is 3.41. The third kappa shape index (κ3) is 3.90. The zero-order valence-electron chi connectivity index (χ0n) is 14.8. The van der Waals surface area contributed by atoms with Crippen LogP contribution in [-0.4, -0.2) is 30.1 Å². The van der Waals surface area contributed by atoms with E-state index in [4.69, 9.17) is 11.6 Å². The maximum atomic E-state index is 12.9. The van der Waals surface area contributed by atoms with E-state index in [9.17, 15) is 8.42 Å². The standard InChI is InChI=1S/C19H23ClN2O2S/c1-14-9-15(2)19(16(3)10-14)13-22-8-7-21(25(22,23)24)12-17-5-4-6-18(20)11-17/h4-6,9-11H,7-8,12-13H2,1-3H3. The molecule has 1 saturated heterocycles. The van der Waals surface area contributed by atoms with Crippen LogP contribution in [0.4, 0.5) is 0 Å². The van der Waals surface area contributed by atoms with Crippen LogP contribution in [0.2, 0.25) is 5.02 Å². The predicted octanol–water partition coefficient (Wildman–Crippen LogP) is 3.83. The van der Waals surface area contributed by atoms with Crippen LogP contribution in [0.5, 0.6) is 0 Å². The Morgan fingerprint density at radius 2 is 1.56 bits per heavy atom. The SMILES string of the molecule is Cc1cc(C)c(CN2CCN(Cc3cccc(Cl)c3)S2(=O)=O)c(C)c1. The van der Waals surface area contributed by atoms with Gasteiger partial charge in [-0.3, -0.25) is 0 Å². The summed E-state index contributed by atoms with van der Waals surface area (Å²) in [5.41, 5.74) is 5.48. The molecule has 0 atom stereocenters. The van der Waals surface area contributed by atoms with Gasteiger partial charge in [-0.25, -0.2) is 0 Å². The minimum absolute atomic E-state index is 0.352. The molecule has 4 nitrogen and oxygen atoms in total. The van der Waals surface area contributed by atoms with Crippen LogP contribution in [-0.2, 0) is 23.3 Å². The Labute approximate surface area is 155 Å². The molecule has 2 aromatic rings. The molecule has 1 fully saturated rings. The summed E-state index contributed by atoms with van der Waals surface area (Å²) in [6, 6.07) is 11.6. The van der Waals surface area contributed by atoms with Gasteiger partial charge < -0.3 is 0 Å². The number of hydrogen-bond donors (Lipinski definition) is 0. The number of hydrogen-bond acceptors (Lipinski definition) is 2. The molecule has 25 heavy (non-hydrogen) atoms. The van der Waals surface area contributed by atoms with Crippen LogP contribution < -0.4 is 0 Å². The van der Waals surface area contributed by atoms with Crippen LogP contribution >= 0.6 is 11.6 Å². The van der Waals surface area contributed by atoms with Crippen molar-refractivity contribution in [3.63, 3.8) is 0 Å². The Bertz CT molecular complexity index is 873. The fraction of sp³-hybridized carbons (Fsp3) is 0.368. The van der Waals surface area contributed by atoms with E-state index in [1.165, 1.54) is 9.87 Å². The van der Waals surface area contributed by atoms with Crippen LogP contribution in [0.1, 0.15) is 27.8 Å². The van der Waals surface area contributed by atoms with E-state index in [1.807, 2.05) is 32.0 Å². The second kappa shape index (κ2) is 7.08. The molecule has 0 radical (unpaired) electrons. The lowest BCUT2D eigenvalue weighted by Crippen LogP contribution is -2.32. The smallest absolute Gasteiger partial charge is 0.195 e. The number of nitrogens with zero attached hydrogens (tertiary/aromatic N) is 2. The van der Waals surface area contributed by atoms with E-state index in [0.29, 0.717) is 31.2 Å². The minimum atomic E-state index is -3.46. The molecule has 0 aromatic heterocycles. The van der Waals surface area contributed by atoms with Crippen molar-refractivity contribution in [1.82, 2.24) is 8.61 Å². The van der Waals surface area contributed by atoms with Crippen molar-refractivity contribution in [3.8, 4) is 0 Å². The summed E-state index contributed by atoms with van der Waals surface area (Å²) in [5.74, 6) is 0. The molecule has 0 unspecified atom stereocenters. The van der Waals surface area contributed by atoms with Crippen molar-refractivity contribution in [2.24, 2.45) is 0 Å². The molecule has 1 aliphatic heterocycles. The lowest BCUT2D eigenvalue weighted by Gasteiger charge is -2.21. The Morgan fingerprint density at radius 3 is 2.16 bits per heavy atom. The second-order valence-electron chi connectivity index (χ2n) is 6.68. The van der Waals surface area contributed by atoms with E-state index in [-0.39, 0.29) is 0 Å². The Hall–Kier alpha value is -1.40. The fourth-order valence-corrected chi connectivity index (χ4v) is 5.18. The molecule has 0 bridgehead atoms. The first-order chi connectivity index (χ1) is 11.8. The average Bonchev–Trinajstić information content (AvgIpc) is 2.78. The average molecular weight is 379 g/mol. The normalized spacial score (nSPS) is 17.9. The Morgan fingerprint density at radius 1 is 0.960 bits per heavy atom. The summed E-state index contributed by atoms with van der Waals surface area (Å²) < 4.78 is 28.9. The maximum absolute atomic E-state index is 12.9. The quantitative estimate of drug-likeness (QED) is 0.811. The van der Waals surface area contributed by atoms with Gasteiger partial charge in [0.1, 0.15) is 0 Å². The van der Waals surface area contributed by atoms with Crippen molar-refractivity contribution in [1.29, 1.82) is 0 Å². The lowest BCUT2D eigenvalue weighted by molar-refractivity contribution is 0.437. The second-order valence-corrected chi connectivity index (χ2v) is 9.05. The highest BCUT2D eigenvalue weighted by molar-refractivity contribution is 7.86. The third-order valence-electron chi connectivity index (χ3n) is 4.67. The van der Waals surface area contributed by atoms with Crippen molar-refractivity contribution in [3.05, 3.63) is 69.2 Å². The molecule has 134 valence electrons. The summed E-state index contributed by atoms with van der Waals surface area (Å²) in [6.45, 7) is 7.93. The van der Waals surface area contributed by atoms with Crippen molar-refractivity contribution in [2.45, 2.75) is 33.9 Å². The van der Waals surface area contributed by atoms with Gasteiger partial charge in [0.15, 0.2) is 0 Å². The molecule has 6 heteroatoms. The van der Waals surface area contributed by atoms with Gasteiger partial charge >= 0.3 is 0 Å². The molecule has 0 N–H and O–H groups in total. The zero-order chi connectivity index (χ0) is 18.2. The largest absolute Gasteiger partial charge is 0.282 e. The molecule has 0 aliphatic carbocycles. The Kier molecular flexibility index (Phi) is 5.21. The zero-order valence-corrected chi connectivity index (χ0v) is 16.4. The van der Waals surface area contributed by atoms with Gasteiger partial charge in [-0.1, -0.05) is 41.4 Å². The topological polar surface area (TPSA) is 40.6 Å². The predicted molar refractivity (Wildman–Crippen MR) is 102 cm³/mol. The molecule has 0 amide bonds. The highest BCUT2D eigenvalue weighted by Crippen LogP contribution is 2.25. The summed E-state index contributed by atoms with van der Waals surface area (Å²) in [5, 5.41) is 0.622. The van der Waals surface area contributed by atoms with Gasteiger partial charge in [0.2, 0.25) is 0 Å². The van der Waals surface area contributed by atoms with Gasteiger partial charge in [-0.15, -0.1) is 0 Å². The highest BCUT2D eigenvalue weighted by Gasteiger charge is 2.36. The summed E-state index contributed by atoms with van der Waals surface area (Å²) in [6.07, 6.45) is 0. The van der Waals surface area contributed by atoms with Gasteiger partial charge in [-0.05, 0) is 55.2 Å². The molecule has 0 spiro atoms. The van der Waals surface area contributed by atoms with E-state index < -0.39 is 10.2 Å². The van der Waals surface area contributed by atoms with Gasteiger partial charge in [-0.2, -0.15) is 17.0 Å². The van der Waals surface area contributed by atoms with E-state index in [0.717, 1.165) is 22.3 Å². The summed E-state index contributed by atoms with van der Waals surface area (Å²) in [4.78, 5) is 0. The number of halogens is 1. The van der Waals surface area contributed by atoms with E-state index in [1.54, 1.807) is 10.4 Å². The summed E-state index contributed by atoms with van der Waals surface area (Å²) >= 11 is 6.01. The van der Waals surface area contributed by atoms with E-state index in [2.05, 4.69) is 19.1 Å². The first-order valence-electron chi connectivity index (χ1n) is 8.34. The molecule has 2 aromatic carbocycles. The number of aryl methyl sites for hydroxylation is 3. The molecule has 0 saturated carbocycles. The molecular formula is C19H23ClN2O2S. The van der Waals surface area contributed by atoms with Crippen LogP contribution in [0.15, 0.2) is 36.4 Å². The van der Waals surface area contributed by atoms with Crippen LogP contribution in [0, 0.1) is 20.8 Å². The van der Waals surface area contributed by atoms with Crippen molar-refractivity contribution < 1.29 is 8.42 Å². The van der Waals surface area contributed by atoms with Crippen molar-refractivity contribution in [2.75, 3.05) is 13.1 Å². The van der Waals surface area contributed by atoms with Crippen LogP contribution in [0.3, 0.4) is 0 Å². The first kappa shape index (κ1) is 18.4. The molecule has 1 aliphatic rings.